The predicted molar refractivity (Wildman–Crippen MR) is 36.7 cm³/mol. The van der Waals surface area contributed by atoms with Crippen molar-refractivity contribution >= 4 is 22.0 Å². The molecule has 0 spiro atoms. The van der Waals surface area contributed by atoms with Crippen LogP contribution in [0.25, 0.3) is 0 Å². The van der Waals surface area contributed by atoms with Gasteiger partial charge in [0.1, 0.15) is 0 Å². The van der Waals surface area contributed by atoms with Crippen molar-refractivity contribution in [2.75, 3.05) is 0 Å². The van der Waals surface area contributed by atoms with Crippen LogP contribution in [0.4, 0.5) is 0 Å². The van der Waals surface area contributed by atoms with Crippen molar-refractivity contribution in [1.29, 1.82) is 0 Å². The second kappa shape index (κ2) is 9.26. The zero-order valence-corrected chi connectivity index (χ0v) is 6.21. The van der Waals surface area contributed by atoms with Crippen LogP contribution in [0.15, 0.2) is 0 Å². The molecule has 1 radical (unpaired) electrons. The summed E-state index contributed by atoms with van der Waals surface area (Å²) in [5, 5.41) is 0. The molecule has 0 N–H and O–H groups in total. The Morgan fingerprint density at radius 2 is 2.33 bits per heavy atom. The number of rotatable bonds is 2. The van der Waals surface area contributed by atoms with E-state index in [1.807, 2.05) is 0 Å². The number of hydrogen-bond donors (Lipinski definition) is 0. The van der Waals surface area contributed by atoms with Gasteiger partial charge in [0.05, 0.1) is 22.0 Å². The Hall–Kier alpha value is 0.818. The summed E-state index contributed by atoms with van der Waals surface area (Å²) < 4.78 is 0. The Kier molecular flexibility index (Phi) is 15.4. The molecule has 0 saturated carbocycles. The van der Waals surface area contributed by atoms with Crippen molar-refractivity contribution in [2.24, 2.45) is 0 Å². The van der Waals surface area contributed by atoms with Gasteiger partial charge in [-0.05, 0) is 0 Å². The third-order valence-corrected chi connectivity index (χ3v) is 0.707. The molecule has 0 aromatic heterocycles. The van der Waals surface area contributed by atoms with Crippen LogP contribution in [0, 0.1) is 0 Å². The summed E-state index contributed by atoms with van der Waals surface area (Å²) in [5.41, 5.74) is 0. The van der Waals surface area contributed by atoms with Gasteiger partial charge in [0, 0.05) is 0 Å². The van der Waals surface area contributed by atoms with Crippen molar-refractivity contribution in [3.8, 4) is 0 Å². The normalized spacial score (nSPS) is 5.50. The Bertz CT molecular complexity index is 24.5. The van der Waals surface area contributed by atoms with E-state index in [1.165, 1.54) is 20.6 Å². The Morgan fingerprint density at radius 3 is 2.33 bits per heavy atom. The zero-order valence-electron chi connectivity index (χ0n) is 7.47. The molecule has 0 aliphatic heterocycles. The van der Waals surface area contributed by atoms with Crippen LogP contribution in [0.5, 0.6) is 0 Å². The van der Waals surface area contributed by atoms with E-state index < -0.39 is 0 Å². The third-order valence-electron chi connectivity index (χ3n) is 0.707. The van der Waals surface area contributed by atoms with Gasteiger partial charge >= 0.3 is 19.5 Å². The van der Waals surface area contributed by atoms with Gasteiger partial charge in [0.15, 0.2) is 0 Å². The smallest absolute Gasteiger partial charge is 1.00 e. The van der Waals surface area contributed by atoms with Crippen LogP contribution < -0.4 is 0 Å². The SMILES string of the molecule is BBBCC.[H-].[H-].[H-].[Ru+3]. The second-order valence-electron chi connectivity index (χ2n) is 1.35. The Balaban J connectivity index is -0.0000000133. The maximum atomic E-state index is 2.21. The van der Waals surface area contributed by atoms with Gasteiger partial charge in [-0.2, -0.15) is 0 Å². The first-order valence-electron chi connectivity index (χ1n) is 2.41. The molecule has 0 aromatic carbocycles. The number of hydrogen-bond acceptors (Lipinski definition) is 0. The topological polar surface area (TPSA) is 0 Å². The summed E-state index contributed by atoms with van der Waals surface area (Å²) in [6.07, 6.45) is 1.34. The summed E-state index contributed by atoms with van der Waals surface area (Å²) in [6.45, 7) is 2.21. The molecule has 0 amide bonds. The molecule has 0 aromatic rings. The van der Waals surface area contributed by atoms with Gasteiger partial charge in [-0.15, -0.1) is 0 Å². The van der Waals surface area contributed by atoms with E-state index in [2.05, 4.69) is 14.7 Å². The van der Waals surface area contributed by atoms with E-state index in [-0.39, 0.29) is 23.8 Å². The molecule has 0 atom stereocenters. The fourth-order valence-corrected chi connectivity index (χ4v) is 0.354. The average molecular weight is 170 g/mol. The van der Waals surface area contributed by atoms with Crippen LogP contribution in [-0.4, -0.2) is 22.0 Å². The van der Waals surface area contributed by atoms with Crippen molar-refractivity contribution < 1.29 is 23.8 Å². The summed E-state index contributed by atoms with van der Waals surface area (Å²) in [7, 11) is 4.94. The minimum Gasteiger partial charge on any atom is -1.00 e. The molecule has 0 heterocycles. The largest absolute Gasteiger partial charge is 3.00 e. The summed E-state index contributed by atoms with van der Waals surface area (Å²) in [6, 6.07) is 0. The first-order chi connectivity index (χ1) is 2.41. The average Bonchev–Trinajstić information content (AvgIpc) is 1.41. The molecule has 0 nitrogen and oxygen atoms in total. The van der Waals surface area contributed by atoms with Crippen LogP contribution in [0.2, 0.25) is 6.32 Å². The predicted octanol–water partition coefficient (Wildman–Crippen LogP) is -0.904. The monoisotopic (exact) mass is 171 g/mol. The summed E-state index contributed by atoms with van der Waals surface area (Å²) in [5.74, 6) is 0. The van der Waals surface area contributed by atoms with E-state index in [1.54, 1.807) is 0 Å². The third kappa shape index (κ3) is 8.84. The molecule has 0 saturated heterocycles. The maximum Gasteiger partial charge on any atom is 3.00 e. The first-order valence-corrected chi connectivity index (χ1v) is 2.41. The van der Waals surface area contributed by atoms with Crippen LogP contribution >= 0.6 is 0 Å². The fraction of sp³-hybridized carbons (Fsp3) is 1.00. The van der Waals surface area contributed by atoms with E-state index in [0.29, 0.717) is 0 Å². The molecule has 37 valence electrons. The minimum absolute atomic E-state index is 0. The maximum absolute atomic E-state index is 2.21. The van der Waals surface area contributed by atoms with Crippen LogP contribution in [-0.2, 0) is 19.5 Å². The van der Waals surface area contributed by atoms with Crippen LogP contribution in [0.1, 0.15) is 11.2 Å². The summed E-state index contributed by atoms with van der Waals surface area (Å²) >= 11 is 0. The standard InChI is InChI=1S/C2H9B3.Ru.3H/c1-2-4-5-3;;;;/h4-5H,2-3H2,1H3;;;;/q;+3;3*-1. The van der Waals surface area contributed by atoms with Gasteiger partial charge in [-0.25, -0.2) is 0 Å². The molecule has 0 aliphatic carbocycles. The van der Waals surface area contributed by atoms with Gasteiger partial charge in [0.25, 0.3) is 0 Å². The van der Waals surface area contributed by atoms with E-state index in [4.69, 9.17) is 0 Å². The van der Waals surface area contributed by atoms with E-state index in [0.717, 1.165) is 0 Å². The summed E-state index contributed by atoms with van der Waals surface area (Å²) in [4.78, 5) is 0. The molecular formula is C2H12B3Ru. The molecular weight excluding hydrogens is 158 g/mol. The molecule has 0 bridgehead atoms. The first kappa shape index (κ1) is 9.94. The molecule has 0 fully saturated rings. The molecule has 6 heavy (non-hydrogen) atoms. The quantitative estimate of drug-likeness (QED) is 0.470. The van der Waals surface area contributed by atoms with Gasteiger partial charge in [0.2, 0.25) is 0 Å². The second-order valence-corrected chi connectivity index (χ2v) is 1.35. The van der Waals surface area contributed by atoms with Crippen molar-refractivity contribution in [2.45, 2.75) is 13.2 Å². The van der Waals surface area contributed by atoms with Gasteiger partial charge in [-0.1, -0.05) is 13.2 Å². The molecule has 0 aliphatic rings. The van der Waals surface area contributed by atoms with Gasteiger partial charge < -0.3 is 4.28 Å². The van der Waals surface area contributed by atoms with Crippen LogP contribution in [0.3, 0.4) is 0 Å². The van der Waals surface area contributed by atoms with E-state index >= 15 is 0 Å². The molecule has 4 heteroatoms. The Morgan fingerprint density at radius 1 is 1.83 bits per heavy atom. The van der Waals surface area contributed by atoms with Crippen molar-refractivity contribution in [3.63, 3.8) is 0 Å². The van der Waals surface area contributed by atoms with Crippen molar-refractivity contribution in [3.05, 3.63) is 0 Å². The minimum atomic E-state index is 0. The molecule has 0 unspecified atom stereocenters. The van der Waals surface area contributed by atoms with Gasteiger partial charge in [-0.3, -0.25) is 0 Å². The fourth-order valence-electron chi connectivity index (χ4n) is 0.354. The van der Waals surface area contributed by atoms with Crippen molar-refractivity contribution in [1.82, 2.24) is 0 Å². The zero-order chi connectivity index (χ0) is 4.12. The van der Waals surface area contributed by atoms with E-state index in [9.17, 15) is 0 Å². The molecule has 0 rings (SSSR count). The Labute approximate surface area is 59.5 Å².